The molecule has 5 nitrogen and oxygen atoms in total. The molecule has 1 aromatic carbocycles. The number of benzene rings is 1. The van der Waals surface area contributed by atoms with E-state index in [0.717, 1.165) is 24.8 Å². The fourth-order valence-electron chi connectivity index (χ4n) is 2.64. The highest BCUT2D eigenvalue weighted by molar-refractivity contribution is 5.87. The van der Waals surface area contributed by atoms with E-state index in [-0.39, 0.29) is 11.9 Å². The minimum Gasteiger partial charge on any atom is -0.337 e. The predicted octanol–water partition coefficient (Wildman–Crippen LogP) is 2.98. The molecule has 0 aliphatic carbocycles. The highest BCUT2D eigenvalue weighted by Gasteiger charge is 2.31. The monoisotopic (exact) mass is 283 g/mol. The minimum absolute atomic E-state index is 0.0841. The predicted molar refractivity (Wildman–Crippen MR) is 78.2 cm³/mol. The molecule has 1 fully saturated rings. The molecule has 1 aliphatic rings. The van der Waals surface area contributed by atoms with Gasteiger partial charge in [0.25, 0.3) is 0 Å². The molecule has 0 spiro atoms. The van der Waals surface area contributed by atoms with Crippen molar-refractivity contribution in [2.75, 3.05) is 6.54 Å². The van der Waals surface area contributed by atoms with E-state index in [4.69, 9.17) is 4.52 Å². The minimum atomic E-state index is -0.144. The first-order valence-electron chi connectivity index (χ1n) is 7.11. The SMILES string of the molecule is C=CC(=O)N1CCCCC1c1nc(-c2ccccc2)no1. The van der Waals surface area contributed by atoms with E-state index in [2.05, 4.69) is 16.7 Å². The summed E-state index contributed by atoms with van der Waals surface area (Å²) in [5.74, 6) is 0.977. The van der Waals surface area contributed by atoms with Crippen molar-refractivity contribution < 1.29 is 9.32 Å². The zero-order chi connectivity index (χ0) is 14.7. The average molecular weight is 283 g/mol. The van der Waals surface area contributed by atoms with E-state index in [1.807, 2.05) is 30.3 Å². The molecular weight excluding hydrogens is 266 g/mol. The summed E-state index contributed by atoms with van der Waals surface area (Å²) in [7, 11) is 0. The molecule has 21 heavy (non-hydrogen) atoms. The molecule has 108 valence electrons. The van der Waals surface area contributed by atoms with Crippen molar-refractivity contribution in [1.29, 1.82) is 0 Å². The lowest BCUT2D eigenvalue weighted by atomic mass is 10.0. The molecule has 0 radical (unpaired) electrons. The summed E-state index contributed by atoms with van der Waals surface area (Å²) in [6.45, 7) is 4.27. The lowest BCUT2D eigenvalue weighted by Crippen LogP contribution is -2.37. The molecule has 5 heteroatoms. The zero-order valence-corrected chi connectivity index (χ0v) is 11.7. The van der Waals surface area contributed by atoms with Gasteiger partial charge in [0.2, 0.25) is 17.6 Å². The lowest BCUT2D eigenvalue weighted by molar-refractivity contribution is -0.130. The molecule has 2 heterocycles. The van der Waals surface area contributed by atoms with Crippen molar-refractivity contribution in [3.05, 3.63) is 48.9 Å². The van der Waals surface area contributed by atoms with Crippen LogP contribution in [0.5, 0.6) is 0 Å². The number of likely N-dealkylation sites (tertiary alicyclic amines) is 1. The summed E-state index contributed by atoms with van der Waals surface area (Å²) in [4.78, 5) is 18.2. The molecular formula is C16H17N3O2. The van der Waals surface area contributed by atoms with E-state index in [9.17, 15) is 4.79 Å². The highest BCUT2D eigenvalue weighted by atomic mass is 16.5. The van der Waals surface area contributed by atoms with Gasteiger partial charge in [-0.15, -0.1) is 0 Å². The molecule has 1 atom stereocenters. The van der Waals surface area contributed by atoms with Crippen LogP contribution in [-0.4, -0.2) is 27.5 Å². The van der Waals surface area contributed by atoms with E-state index >= 15 is 0 Å². The van der Waals surface area contributed by atoms with Gasteiger partial charge >= 0.3 is 0 Å². The Bertz CT molecular complexity index is 636. The van der Waals surface area contributed by atoms with E-state index in [1.54, 1.807) is 4.90 Å². The first-order chi connectivity index (χ1) is 10.3. The molecule has 0 bridgehead atoms. The smallest absolute Gasteiger partial charge is 0.249 e. The van der Waals surface area contributed by atoms with Crippen LogP contribution >= 0.6 is 0 Å². The van der Waals surface area contributed by atoms with Crippen LogP contribution in [0.4, 0.5) is 0 Å². The summed E-state index contributed by atoms with van der Waals surface area (Å²) in [5, 5.41) is 4.03. The summed E-state index contributed by atoms with van der Waals surface area (Å²) < 4.78 is 5.39. The summed E-state index contributed by atoms with van der Waals surface area (Å²) in [6.07, 6.45) is 4.23. The Hall–Kier alpha value is -2.43. The van der Waals surface area contributed by atoms with Crippen LogP contribution in [0.15, 0.2) is 47.5 Å². The topological polar surface area (TPSA) is 59.2 Å². The van der Waals surface area contributed by atoms with Crippen LogP contribution in [0.2, 0.25) is 0 Å². The molecule has 0 saturated carbocycles. The maximum absolute atomic E-state index is 11.9. The number of piperidine rings is 1. The molecule has 3 rings (SSSR count). The van der Waals surface area contributed by atoms with Crippen molar-refractivity contribution >= 4 is 5.91 Å². The first-order valence-corrected chi connectivity index (χ1v) is 7.11. The zero-order valence-electron chi connectivity index (χ0n) is 11.7. The third-order valence-electron chi connectivity index (χ3n) is 3.72. The van der Waals surface area contributed by atoms with Gasteiger partial charge in [0, 0.05) is 12.1 Å². The largest absolute Gasteiger partial charge is 0.337 e. The fourth-order valence-corrected chi connectivity index (χ4v) is 2.64. The molecule has 1 amide bonds. The average Bonchev–Trinajstić information content (AvgIpc) is 3.05. The molecule has 1 aliphatic heterocycles. The summed E-state index contributed by atoms with van der Waals surface area (Å²) >= 11 is 0. The molecule has 1 aromatic heterocycles. The van der Waals surface area contributed by atoms with Crippen LogP contribution < -0.4 is 0 Å². The summed E-state index contributed by atoms with van der Waals surface area (Å²) in [5.41, 5.74) is 0.907. The maximum atomic E-state index is 11.9. The second kappa shape index (κ2) is 5.91. The molecule has 0 N–H and O–H groups in total. The molecule has 1 saturated heterocycles. The normalized spacial score (nSPS) is 18.5. The number of carbonyl (C=O) groups excluding carboxylic acids is 1. The van der Waals surface area contributed by atoms with Crippen LogP contribution in [0.25, 0.3) is 11.4 Å². The van der Waals surface area contributed by atoms with Crippen LogP contribution in [0.1, 0.15) is 31.2 Å². The van der Waals surface area contributed by atoms with Gasteiger partial charge in [-0.3, -0.25) is 4.79 Å². The van der Waals surface area contributed by atoms with E-state index < -0.39 is 0 Å². The van der Waals surface area contributed by atoms with Gasteiger partial charge in [-0.2, -0.15) is 4.98 Å². The van der Waals surface area contributed by atoms with Crippen LogP contribution in [0, 0.1) is 0 Å². The Morgan fingerprint density at radius 3 is 2.90 bits per heavy atom. The number of carbonyl (C=O) groups is 1. The van der Waals surface area contributed by atoms with E-state index in [0.29, 0.717) is 18.3 Å². The van der Waals surface area contributed by atoms with Gasteiger partial charge in [-0.05, 0) is 25.3 Å². The van der Waals surface area contributed by atoms with Gasteiger partial charge in [-0.25, -0.2) is 0 Å². The van der Waals surface area contributed by atoms with Gasteiger partial charge in [0.1, 0.15) is 6.04 Å². The number of hydrogen-bond donors (Lipinski definition) is 0. The standard InChI is InChI=1S/C16H17N3O2/c1-2-14(20)19-11-7-6-10-13(19)16-17-15(18-21-16)12-8-4-3-5-9-12/h2-5,8-9,13H,1,6-7,10-11H2. The van der Waals surface area contributed by atoms with Crippen LogP contribution in [0.3, 0.4) is 0 Å². The Balaban J connectivity index is 1.87. The van der Waals surface area contributed by atoms with Crippen LogP contribution in [-0.2, 0) is 4.79 Å². The highest BCUT2D eigenvalue weighted by Crippen LogP contribution is 2.31. The maximum Gasteiger partial charge on any atom is 0.249 e. The quantitative estimate of drug-likeness (QED) is 0.812. The second-order valence-corrected chi connectivity index (χ2v) is 5.07. The van der Waals surface area contributed by atoms with Gasteiger partial charge < -0.3 is 9.42 Å². The first kappa shape index (κ1) is 13.5. The van der Waals surface area contributed by atoms with Gasteiger partial charge in [0.05, 0.1) is 0 Å². The third-order valence-corrected chi connectivity index (χ3v) is 3.72. The Morgan fingerprint density at radius 2 is 2.14 bits per heavy atom. The summed E-state index contributed by atoms with van der Waals surface area (Å²) in [6, 6.07) is 9.52. The van der Waals surface area contributed by atoms with E-state index in [1.165, 1.54) is 6.08 Å². The lowest BCUT2D eigenvalue weighted by Gasteiger charge is -2.32. The van der Waals surface area contributed by atoms with Crippen molar-refractivity contribution in [2.45, 2.75) is 25.3 Å². The number of rotatable bonds is 3. The Kier molecular flexibility index (Phi) is 3.81. The second-order valence-electron chi connectivity index (χ2n) is 5.07. The molecule has 2 aromatic rings. The van der Waals surface area contributed by atoms with Crippen molar-refractivity contribution in [1.82, 2.24) is 15.0 Å². The number of amides is 1. The Morgan fingerprint density at radius 1 is 1.33 bits per heavy atom. The number of nitrogens with zero attached hydrogens (tertiary/aromatic N) is 3. The fraction of sp³-hybridized carbons (Fsp3) is 0.312. The number of aromatic nitrogens is 2. The van der Waals surface area contributed by atoms with Crippen molar-refractivity contribution in [3.63, 3.8) is 0 Å². The van der Waals surface area contributed by atoms with Gasteiger partial charge in [-0.1, -0.05) is 42.1 Å². The third kappa shape index (κ3) is 2.72. The Labute approximate surface area is 123 Å². The van der Waals surface area contributed by atoms with Crippen molar-refractivity contribution in [2.24, 2.45) is 0 Å². The number of hydrogen-bond acceptors (Lipinski definition) is 4. The molecule has 1 unspecified atom stereocenters. The van der Waals surface area contributed by atoms with Crippen molar-refractivity contribution in [3.8, 4) is 11.4 Å². The van der Waals surface area contributed by atoms with Gasteiger partial charge in [0.15, 0.2) is 0 Å².